The van der Waals surface area contributed by atoms with Crippen molar-refractivity contribution >= 4 is 44.3 Å². The van der Waals surface area contributed by atoms with Crippen molar-refractivity contribution in [3.8, 4) is 0 Å². The second-order valence-corrected chi connectivity index (χ2v) is 8.95. The SMILES string of the molecule is Cc1ccc(C)c(N2C(=O)C(O)=C(C(=O)c3cc4cc(Br)ccc4o3)C2c2ccncc2)c1. The van der Waals surface area contributed by atoms with E-state index < -0.39 is 23.5 Å². The van der Waals surface area contributed by atoms with Crippen LogP contribution in [0.15, 0.2) is 87.2 Å². The van der Waals surface area contributed by atoms with Gasteiger partial charge in [0.05, 0.1) is 11.6 Å². The maximum atomic E-state index is 13.7. The van der Waals surface area contributed by atoms with Gasteiger partial charge in [0.2, 0.25) is 5.78 Å². The van der Waals surface area contributed by atoms with E-state index in [0.29, 0.717) is 16.8 Å². The van der Waals surface area contributed by atoms with Crippen molar-refractivity contribution in [2.75, 3.05) is 4.90 Å². The molecule has 1 N–H and O–H groups in total. The van der Waals surface area contributed by atoms with E-state index in [1.807, 2.05) is 44.2 Å². The predicted octanol–water partition coefficient (Wildman–Crippen LogP) is 5.99. The van der Waals surface area contributed by atoms with Gasteiger partial charge >= 0.3 is 0 Å². The Morgan fingerprint density at radius 2 is 1.82 bits per heavy atom. The van der Waals surface area contributed by atoms with Crippen LogP contribution in [0.3, 0.4) is 0 Å². The maximum absolute atomic E-state index is 13.7. The van der Waals surface area contributed by atoms with Gasteiger partial charge in [-0.25, -0.2) is 0 Å². The first kappa shape index (κ1) is 21.2. The third kappa shape index (κ3) is 3.54. The number of hydrogen-bond acceptors (Lipinski definition) is 5. The summed E-state index contributed by atoms with van der Waals surface area (Å²) in [6.45, 7) is 3.82. The topological polar surface area (TPSA) is 83.6 Å². The number of aliphatic hydroxyl groups excluding tert-OH is 1. The van der Waals surface area contributed by atoms with E-state index in [1.165, 1.54) is 4.90 Å². The number of amides is 1. The number of halogens is 1. The number of Topliss-reactive ketones (excluding diaryl/α,β-unsaturated/α-hetero) is 1. The summed E-state index contributed by atoms with van der Waals surface area (Å²) in [5.41, 5.74) is 3.61. The molecule has 0 saturated heterocycles. The number of aryl methyl sites for hydroxylation is 2. The van der Waals surface area contributed by atoms with Crippen LogP contribution < -0.4 is 4.90 Å². The largest absolute Gasteiger partial charge is 0.503 e. The number of furan rings is 1. The average Bonchev–Trinajstić information content (AvgIpc) is 3.34. The van der Waals surface area contributed by atoms with Crippen molar-refractivity contribution in [1.29, 1.82) is 0 Å². The molecule has 2 aromatic carbocycles. The molecule has 1 atom stereocenters. The van der Waals surface area contributed by atoms with Crippen molar-refractivity contribution < 1.29 is 19.1 Å². The van der Waals surface area contributed by atoms with Crippen molar-refractivity contribution in [1.82, 2.24) is 4.98 Å². The van der Waals surface area contributed by atoms with E-state index in [1.54, 1.807) is 36.7 Å². The molecule has 33 heavy (non-hydrogen) atoms. The molecule has 4 aromatic rings. The molecular formula is C26H19BrN2O4. The summed E-state index contributed by atoms with van der Waals surface area (Å²) in [4.78, 5) is 32.5. The zero-order valence-corrected chi connectivity index (χ0v) is 19.5. The quantitative estimate of drug-likeness (QED) is 0.346. The number of ketones is 1. The molecule has 6 nitrogen and oxygen atoms in total. The summed E-state index contributed by atoms with van der Waals surface area (Å²) in [5.74, 6) is -1.70. The molecule has 5 rings (SSSR count). The summed E-state index contributed by atoms with van der Waals surface area (Å²) in [6, 6.07) is 15.4. The molecule has 0 saturated carbocycles. The van der Waals surface area contributed by atoms with Crippen LogP contribution in [0.5, 0.6) is 0 Å². The van der Waals surface area contributed by atoms with Crippen LogP contribution >= 0.6 is 15.9 Å². The van der Waals surface area contributed by atoms with Gasteiger partial charge in [0.15, 0.2) is 11.5 Å². The highest BCUT2D eigenvalue weighted by Crippen LogP contribution is 2.43. The van der Waals surface area contributed by atoms with Gasteiger partial charge in [-0.05, 0) is 73.0 Å². The second-order valence-electron chi connectivity index (χ2n) is 8.03. The van der Waals surface area contributed by atoms with Crippen LogP contribution in [-0.2, 0) is 4.79 Å². The first-order chi connectivity index (χ1) is 15.8. The van der Waals surface area contributed by atoms with Gasteiger partial charge in [-0.2, -0.15) is 0 Å². The fraction of sp³-hybridized carbons (Fsp3) is 0.115. The number of nitrogens with zero attached hydrogens (tertiary/aromatic N) is 2. The van der Waals surface area contributed by atoms with Crippen molar-refractivity contribution in [3.05, 3.63) is 105 Å². The average molecular weight is 503 g/mol. The van der Waals surface area contributed by atoms with Crippen LogP contribution in [0.25, 0.3) is 11.0 Å². The van der Waals surface area contributed by atoms with Gasteiger partial charge in [-0.3, -0.25) is 19.5 Å². The summed E-state index contributed by atoms with van der Waals surface area (Å²) in [7, 11) is 0. The lowest BCUT2D eigenvalue weighted by Crippen LogP contribution is -2.31. The number of aliphatic hydroxyl groups is 1. The van der Waals surface area contributed by atoms with Crippen LogP contribution in [0.2, 0.25) is 0 Å². The smallest absolute Gasteiger partial charge is 0.294 e. The third-order valence-corrected chi connectivity index (χ3v) is 6.29. The zero-order chi connectivity index (χ0) is 23.3. The van der Waals surface area contributed by atoms with E-state index >= 15 is 0 Å². The molecule has 1 aliphatic heterocycles. The molecule has 0 fully saturated rings. The van der Waals surface area contributed by atoms with Gasteiger partial charge in [0.25, 0.3) is 5.91 Å². The predicted molar refractivity (Wildman–Crippen MR) is 128 cm³/mol. The Labute approximate surface area is 198 Å². The van der Waals surface area contributed by atoms with E-state index in [-0.39, 0.29) is 11.3 Å². The van der Waals surface area contributed by atoms with E-state index in [2.05, 4.69) is 20.9 Å². The Balaban J connectivity index is 1.68. The van der Waals surface area contributed by atoms with Crippen molar-refractivity contribution in [2.45, 2.75) is 19.9 Å². The number of carbonyl (C=O) groups excluding carboxylic acids is 2. The summed E-state index contributed by atoms with van der Waals surface area (Å²) >= 11 is 3.42. The van der Waals surface area contributed by atoms with Crippen LogP contribution in [0.4, 0.5) is 5.69 Å². The van der Waals surface area contributed by atoms with Gasteiger partial charge in [0.1, 0.15) is 5.58 Å². The van der Waals surface area contributed by atoms with Crippen LogP contribution in [-0.4, -0.2) is 21.8 Å². The minimum Gasteiger partial charge on any atom is -0.503 e. The number of hydrogen-bond donors (Lipinski definition) is 1. The Hall–Kier alpha value is -3.71. The lowest BCUT2D eigenvalue weighted by Gasteiger charge is -2.28. The van der Waals surface area contributed by atoms with E-state index in [4.69, 9.17) is 4.42 Å². The normalized spacial score (nSPS) is 16.2. The molecular weight excluding hydrogens is 484 g/mol. The molecule has 7 heteroatoms. The number of anilines is 1. The number of benzene rings is 2. The van der Waals surface area contributed by atoms with Gasteiger partial charge < -0.3 is 9.52 Å². The first-order valence-corrected chi connectivity index (χ1v) is 11.1. The van der Waals surface area contributed by atoms with Crippen LogP contribution in [0, 0.1) is 13.8 Å². The Morgan fingerprint density at radius 3 is 2.58 bits per heavy atom. The molecule has 164 valence electrons. The van der Waals surface area contributed by atoms with Gasteiger partial charge in [-0.1, -0.05) is 28.1 Å². The number of carbonyl (C=O) groups is 2. The van der Waals surface area contributed by atoms with E-state index in [9.17, 15) is 14.7 Å². The van der Waals surface area contributed by atoms with Gasteiger partial charge in [-0.15, -0.1) is 0 Å². The highest BCUT2D eigenvalue weighted by Gasteiger charge is 2.45. The first-order valence-electron chi connectivity index (χ1n) is 10.3. The molecule has 2 aromatic heterocycles. The molecule has 3 heterocycles. The molecule has 1 unspecified atom stereocenters. The van der Waals surface area contributed by atoms with E-state index in [0.717, 1.165) is 21.0 Å². The molecule has 0 radical (unpaired) electrons. The number of fused-ring (bicyclic) bond motifs is 1. The van der Waals surface area contributed by atoms with Gasteiger partial charge in [0, 0.05) is 27.9 Å². The van der Waals surface area contributed by atoms with Crippen molar-refractivity contribution in [3.63, 3.8) is 0 Å². The number of rotatable bonds is 4. The van der Waals surface area contributed by atoms with Crippen molar-refractivity contribution in [2.24, 2.45) is 0 Å². The Morgan fingerprint density at radius 1 is 1.06 bits per heavy atom. The minimum absolute atomic E-state index is 0.0229. The standard InChI is InChI=1S/C26H19BrN2O4/c1-14-3-4-15(2)19(11-14)29-23(16-7-9-28-10-8-16)22(25(31)26(29)32)24(30)21-13-17-12-18(27)5-6-20(17)33-21/h3-13,23,31H,1-2H3. The highest BCUT2D eigenvalue weighted by atomic mass is 79.9. The molecule has 1 amide bonds. The number of pyridine rings is 1. The second kappa shape index (κ2) is 8.01. The fourth-order valence-electron chi connectivity index (χ4n) is 4.18. The lowest BCUT2D eigenvalue weighted by molar-refractivity contribution is -0.117. The Bertz CT molecular complexity index is 1460. The maximum Gasteiger partial charge on any atom is 0.294 e. The number of aromatic nitrogens is 1. The summed E-state index contributed by atoms with van der Waals surface area (Å²) in [5, 5.41) is 11.7. The minimum atomic E-state index is -0.826. The fourth-order valence-corrected chi connectivity index (χ4v) is 4.56. The highest BCUT2D eigenvalue weighted by molar-refractivity contribution is 9.10. The van der Waals surface area contributed by atoms with Crippen LogP contribution in [0.1, 0.15) is 33.3 Å². The molecule has 1 aliphatic rings. The summed E-state index contributed by atoms with van der Waals surface area (Å²) in [6.07, 6.45) is 3.19. The Kier molecular flexibility index (Phi) is 5.13. The zero-order valence-electron chi connectivity index (χ0n) is 17.9. The molecule has 0 spiro atoms. The lowest BCUT2D eigenvalue weighted by atomic mass is 9.95. The third-order valence-electron chi connectivity index (χ3n) is 5.80. The monoisotopic (exact) mass is 502 g/mol. The molecule has 0 bridgehead atoms. The summed E-state index contributed by atoms with van der Waals surface area (Å²) < 4.78 is 6.64. The molecule has 0 aliphatic carbocycles.